The maximum Gasteiger partial charge on any atom is 0.223 e. The normalized spacial score (nSPS) is 27.7. The van der Waals surface area contributed by atoms with Crippen LogP contribution in [0.1, 0.15) is 56.6 Å². The molecule has 2 fully saturated rings. The number of aliphatic hydroxyl groups is 1. The number of nitrogens with one attached hydrogen (secondary N) is 1. The molecule has 2 N–H and O–H groups in total. The van der Waals surface area contributed by atoms with Crippen LogP contribution >= 0.6 is 0 Å². The van der Waals surface area contributed by atoms with Crippen LogP contribution in [0.5, 0.6) is 0 Å². The van der Waals surface area contributed by atoms with Crippen molar-refractivity contribution in [2.24, 2.45) is 7.05 Å². The van der Waals surface area contributed by atoms with Crippen LogP contribution in [0, 0.1) is 0 Å². The summed E-state index contributed by atoms with van der Waals surface area (Å²) in [7, 11) is 1.87. The second-order valence-electron chi connectivity index (χ2n) is 6.66. The zero-order chi connectivity index (χ0) is 15.6. The van der Waals surface area contributed by atoms with Gasteiger partial charge in [-0.3, -0.25) is 9.48 Å². The van der Waals surface area contributed by atoms with Crippen LogP contribution in [0.15, 0.2) is 12.4 Å². The monoisotopic (exact) mass is 307 g/mol. The molecule has 22 heavy (non-hydrogen) atoms. The average molecular weight is 307 g/mol. The van der Waals surface area contributed by atoms with Gasteiger partial charge in [0.25, 0.3) is 0 Å². The average Bonchev–Trinajstić information content (AvgIpc) is 3.08. The minimum Gasteiger partial charge on any atom is -0.389 e. The first-order valence-electron chi connectivity index (χ1n) is 8.18. The van der Waals surface area contributed by atoms with Gasteiger partial charge in [-0.2, -0.15) is 5.10 Å². The Balaban J connectivity index is 1.62. The van der Waals surface area contributed by atoms with E-state index in [4.69, 9.17) is 4.74 Å². The van der Waals surface area contributed by atoms with Crippen molar-refractivity contribution in [2.75, 3.05) is 6.61 Å². The highest BCUT2D eigenvalue weighted by Crippen LogP contribution is 2.33. The minimum atomic E-state index is -0.802. The zero-order valence-corrected chi connectivity index (χ0v) is 13.1. The van der Waals surface area contributed by atoms with Crippen molar-refractivity contribution in [3.8, 4) is 0 Å². The summed E-state index contributed by atoms with van der Waals surface area (Å²) < 4.78 is 7.60. The molecule has 6 heteroatoms. The fourth-order valence-electron chi connectivity index (χ4n) is 3.61. The molecule has 122 valence electrons. The number of nitrogens with zero attached hydrogens (tertiary/aromatic N) is 2. The highest BCUT2D eigenvalue weighted by Gasteiger charge is 2.35. The standard InChI is InChI=1S/C16H25N3O3/c1-19-11-12(10-17-19)15-13(5-4-8-22-15)18-14(20)9-16(21)6-2-3-7-16/h10-11,13,15,21H,2-9H2,1H3,(H,18,20)/t13-,15+/m0/s1. The van der Waals surface area contributed by atoms with Crippen molar-refractivity contribution in [2.45, 2.75) is 62.7 Å². The van der Waals surface area contributed by atoms with Crippen LogP contribution in [0.4, 0.5) is 0 Å². The van der Waals surface area contributed by atoms with E-state index in [1.54, 1.807) is 10.9 Å². The topological polar surface area (TPSA) is 76.4 Å². The number of hydrogen-bond acceptors (Lipinski definition) is 4. The highest BCUT2D eigenvalue weighted by molar-refractivity contribution is 5.77. The van der Waals surface area contributed by atoms with Gasteiger partial charge >= 0.3 is 0 Å². The lowest BCUT2D eigenvalue weighted by Crippen LogP contribution is -2.45. The number of aryl methyl sites for hydroxylation is 1. The Morgan fingerprint density at radius 1 is 1.50 bits per heavy atom. The lowest BCUT2D eigenvalue weighted by Gasteiger charge is -2.32. The van der Waals surface area contributed by atoms with Gasteiger partial charge in [0, 0.05) is 25.4 Å². The summed E-state index contributed by atoms with van der Waals surface area (Å²) in [5.74, 6) is -0.0752. The van der Waals surface area contributed by atoms with Crippen molar-refractivity contribution >= 4 is 5.91 Å². The van der Waals surface area contributed by atoms with Crippen LogP contribution in [0.3, 0.4) is 0 Å². The molecule has 0 radical (unpaired) electrons. The molecular weight excluding hydrogens is 282 g/mol. The Hall–Kier alpha value is -1.40. The third kappa shape index (κ3) is 3.50. The van der Waals surface area contributed by atoms with E-state index in [1.807, 2.05) is 13.2 Å². The number of carbonyl (C=O) groups is 1. The Labute approximate surface area is 130 Å². The van der Waals surface area contributed by atoms with Gasteiger partial charge in [-0.25, -0.2) is 0 Å². The lowest BCUT2D eigenvalue weighted by molar-refractivity contribution is -0.129. The summed E-state index contributed by atoms with van der Waals surface area (Å²) in [6, 6.07) is -0.0459. The zero-order valence-electron chi connectivity index (χ0n) is 13.1. The van der Waals surface area contributed by atoms with Gasteiger partial charge < -0.3 is 15.2 Å². The Morgan fingerprint density at radius 2 is 2.27 bits per heavy atom. The summed E-state index contributed by atoms with van der Waals surface area (Å²) in [5, 5.41) is 17.6. The molecule has 3 rings (SSSR count). The molecule has 0 bridgehead atoms. The summed E-state index contributed by atoms with van der Waals surface area (Å²) in [4.78, 5) is 12.3. The van der Waals surface area contributed by atoms with E-state index in [1.165, 1.54) is 0 Å². The number of aromatic nitrogens is 2. The van der Waals surface area contributed by atoms with Gasteiger partial charge in [0.1, 0.15) is 6.10 Å². The molecular formula is C16H25N3O3. The van der Waals surface area contributed by atoms with Crippen molar-refractivity contribution in [3.63, 3.8) is 0 Å². The van der Waals surface area contributed by atoms with Gasteiger partial charge in [0.05, 0.1) is 24.3 Å². The molecule has 2 aliphatic rings. The molecule has 1 amide bonds. The molecule has 1 aromatic rings. The van der Waals surface area contributed by atoms with Crippen molar-refractivity contribution < 1.29 is 14.6 Å². The first-order chi connectivity index (χ1) is 10.6. The van der Waals surface area contributed by atoms with E-state index in [-0.39, 0.29) is 24.5 Å². The smallest absolute Gasteiger partial charge is 0.223 e. The van der Waals surface area contributed by atoms with E-state index in [2.05, 4.69) is 10.4 Å². The fourth-order valence-corrected chi connectivity index (χ4v) is 3.61. The number of ether oxygens (including phenoxy) is 1. The SMILES string of the molecule is Cn1cc([C@H]2OCCC[C@@H]2NC(=O)CC2(O)CCCC2)cn1. The second kappa shape index (κ2) is 6.38. The van der Waals surface area contributed by atoms with E-state index < -0.39 is 5.60 Å². The maximum absolute atomic E-state index is 12.3. The first kappa shape index (κ1) is 15.5. The first-order valence-corrected chi connectivity index (χ1v) is 8.18. The predicted octanol–water partition coefficient (Wildman–Crippen LogP) is 1.45. The molecule has 0 unspecified atom stereocenters. The Kier molecular flexibility index (Phi) is 4.49. The van der Waals surface area contributed by atoms with Crippen LogP contribution in [-0.2, 0) is 16.6 Å². The number of amides is 1. The van der Waals surface area contributed by atoms with Crippen LogP contribution in [0.2, 0.25) is 0 Å². The summed E-state index contributed by atoms with van der Waals surface area (Å²) >= 11 is 0. The van der Waals surface area contributed by atoms with Crippen LogP contribution < -0.4 is 5.32 Å². The molecule has 2 atom stereocenters. The number of carbonyl (C=O) groups excluding carboxylic acids is 1. The number of hydrogen-bond donors (Lipinski definition) is 2. The van der Waals surface area contributed by atoms with E-state index >= 15 is 0 Å². The predicted molar refractivity (Wildman–Crippen MR) is 81.1 cm³/mol. The van der Waals surface area contributed by atoms with Crippen molar-refractivity contribution in [3.05, 3.63) is 18.0 Å². The quantitative estimate of drug-likeness (QED) is 0.883. The minimum absolute atomic E-state index is 0.0459. The van der Waals surface area contributed by atoms with E-state index in [9.17, 15) is 9.90 Å². The summed E-state index contributed by atoms with van der Waals surface area (Å²) in [6.45, 7) is 0.704. The van der Waals surface area contributed by atoms with Crippen molar-refractivity contribution in [1.82, 2.24) is 15.1 Å². The third-order valence-corrected chi connectivity index (χ3v) is 4.75. The maximum atomic E-state index is 12.3. The molecule has 0 spiro atoms. The molecule has 2 heterocycles. The lowest BCUT2D eigenvalue weighted by atomic mass is 9.95. The largest absolute Gasteiger partial charge is 0.389 e. The van der Waals surface area contributed by atoms with Crippen molar-refractivity contribution in [1.29, 1.82) is 0 Å². The van der Waals surface area contributed by atoms with Gasteiger partial charge in [0.2, 0.25) is 5.91 Å². The van der Waals surface area contributed by atoms with E-state index in [0.717, 1.165) is 44.1 Å². The third-order valence-electron chi connectivity index (χ3n) is 4.75. The molecule has 0 aromatic carbocycles. The molecule has 1 aromatic heterocycles. The molecule has 1 aliphatic carbocycles. The molecule has 1 aliphatic heterocycles. The van der Waals surface area contributed by atoms with Gasteiger partial charge in [-0.15, -0.1) is 0 Å². The molecule has 1 saturated heterocycles. The second-order valence-corrected chi connectivity index (χ2v) is 6.66. The van der Waals surface area contributed by atoms with Gasteiger partial charge in [0.15, 0.2) is 0 Å². The van der Waals surface area contributed by atoms with Crippen LogP contribution in [-0.4, -0.2) is 39.0 Å². The van der Waals surface area contributed by atoms with E-state index in [0.29, 0.717) is 6.61 Å². The molecule has 1 saturated carbocycles. The summed E-state index contributed by atoms with van der Waals surface area (Å²) in [6.07, 6.45) is 9.08. The van der Waals surface area contributed by atoms with Crippen LogP contribution in [0.25, 0.3) is 0 Å². The summed E-state index contributed by atoms with van der Waals surface area (Å²) in [5.41, 5.74) is 0.190. The Bertz CT molecular complexity index is 522. The number of rotatable bonds is 4. The molecule has 6 nitrogen and oxygen atoms in total. The highest BCUT2D eigenvalue weighted by atomic mass is 16.5. The fraction of sp³-hybridized carbons (Fsp3) is 0.750. The Morgan fingerprint density at radius 3 is 2.95 bits per heavy atom. The van der Waals surface area contributed by atoms with Gasteiger partial charge in [-0.1, -0.05) is 12.8 Å². The van der Waals surface area contributed by atoms with Gasteiger partial charge in [-0.05, 0) is 25.7 Å².